The van der Waals surface area contributed by atoms with E-state index in [9.17, 15) is 17.8 Å². The molecule has 6 heteroatoms. The van der Waals surface area contributed by atoms with E-state index in [0.29, 0.717) is 0 Å². The first-order valence-electron chi connectivity index (χ1n) is 2.87. The molecule has 0 rings (SSSR count). The van der Waals surface area contributed by atoms with Crippen molar-refractivity contribution in [1.82, 2.24) is 0 Å². The van der Waals surface area contributed by atoms with Gasteiger partial charge in [-0.2, -0.15) is 0 Å². The summed E-state index contributed by atoms with van der Waals surface area (Å²) in [6.45, 7) is 0. The summed E-state index contributed by atoms with van der Waals surface area (Å²) < 4.78 is 33.5. The summed E-state index contributed by atoms with van der Waals surface area (Å²) in [6.07, 6.45) is -2.94. The Morgan fingerprint density at radius 3 is 2.45 bits per heavy atom. The van der Waals surface area contributed by atoms with Crippen molar-refractivity contribution < 1.29 is 22.9 Å². The molecule has 66 valence electrons. The van der Waals surface area contributed by atoms with Crippen LogP contribution in [0, 0.1) is 0 Å². The summed E-state index contributed by atoms with van der Waals surface area (Å²) >= 11 is 0. The standard InChI is InChI=1S/C5H8F2O3S/c6-4(7)3-11(10)2-1-5(8)9/h4H,1-3H2,(H,8,9). The van der Waals surface area contributed by atoms with Gasteiger partial charge in [0.05, 0.1) is 12.2 Å². The number of carboxylic acids is 1. The van der Waals surface area contributed by atoms with Crippen molar-refractivity contribution in [2.24, 2.45) is 0 Å². The van der Waals surface area contributed by atoms with Crippen LogP contribution in [0.4, 0.5) is 8.78 Å². The molecule has 0 bridgehead atoms. The molecule has 0 radical (unpaired) electrons. The minimum absolute atomic E-state index is 0.195. The number of rotatable bonds is 5. The first-order chi connectivity index (χ1) is 5.02. The molecule has 0 fully saturated rings. The third-order valence-electron chi connectivity index (χ3n) is 0.855. The minimum Gasteiger partial charge on any atom is -0.481 e. The minimum atomic E-state index is -2.62. The summed E-state index contributed by atoms with van der Waals surface area (Å²) in [5.74, 6) is -2.04. The third kappa shape index (κ3) is 7.38. The molecule has 1 atom stereocenters. The molecular formula is C5H8F2O3S. The third-order valence-corrected chi connectivity index (χ3v) is 2.14. The predicted molar refractivity (Wildman–Crippen MR) is 36.1 cm³/mol. The molecule has 0 aromatic rings. The van der Waals surface area contributed by atoms with Crippen molar-refractivity contribution in [3.63, 3.8) is 0 Å². The van der Waals surface area contributed by atoms with Crippen LogP contribution in [0.15, 0.2) is 0 Å². The predicted octanol–water partition coefficient (Wildman–Crippen LogP) is 0.475. The fourth-order valence-corrected chi connectivity index (χ4v) is 1.28. The molecule has 0 heterocycles. The van der Waals surface area contributed by atoms with Crippen LogP contribution in [0.1, 0.15) is 6.42 Å². The monoisotopic (exact) mass is 186 g/mol. The van der Waals surface area contributed by atoms with E-state index in [-0.39, 0.29) is 12.2 Å². The molecule has 0 saturated heterocycles. The van der Waals surface area contributed by atoms with Crippen LogP contribution in [0.5, 0.6) is 0 Å². The second kappa shape index (κ2) is 5.17. The van der Waals surface area contributed by atoms with Crippen molar-refractivity contribution in [2.75, 3.05) is 11.5 Å². The fraction of sp³-hybridized carbons (Fsp3) is 0.800. The van der Waals surface area contributed by atoms with Crippen LogP contribution in [0.2, 0.25) is 0 Å². The smallest absolute Gasteiger partial charge is 0.304 e. The van der Waals surface area contributed by atoms with Crippen LogP contribution in [-0.2, 0) is 15.6 Å². The average molecular weight is 186 g/mol. The second-order valence-electron chi connectivity index (χ2n) is 1.85. The SMILES string of the molecule is O=C(O)CCS(=O)CC(F)F. The van der Waals surface area contributed by atoms with Crippen molar-refractivity contribution in [2.45, 2.75) is 12.8 Å². The number of aliphatic carboxylic acids is 1. The highest BCUT2D eigenvalue weighted by Crippen LogP contribution is 1.97. The molecule has 0 aromatic heterocycles. The van der Waals surface area contributed by atoms with Crippen molar-refractivity contribution in [3.8, 4) is 0 Å². The van der Waals surface area contributed by atoms with Gasteiger partial charge in [0, 0.05) is 16.6 Å². The molecule has 0 aliphatic heterocycles. The van der Waals surface area contributed by atoms with E-state index >= 15 is 0 Å². The topological polar surface area (TPSA) is 54.4 Å². The molecule has 11 heavy (non-hydrogen) atoms. The zero-order valence-electron chi connectivity index (χ0n) is 5.63. The van der Waals surface area contributed by atoms with E-state index < -0.39 is 28.9 Å². The highest BCUT2D eigenvalue weighted by molar-refractivity contribution is 7.85. The van der Waals surface area contributed by atoms with E-state index in [0.717, 1.165) is 0 Å². The van der Waals surface area contributed by atoms with Gasteiger partial charge in [0.15, 0.2) is 0 Å². The molecule has 1 unspecified atom stereocenters. The van der Waals surface area contributed by atoms with Crippen molar-refractivity contribution >= 4 is 16.8 Å². The van der Waals surface area contributed by atoms with Crippen LogP contribution in [-0.4, -0.2) is 33.2 Å². The molecule has 0 aliphatic rings. The maximum Gasteiger partial charge on any atom is 0.304 e. The zero-order chi connectivity index (χ0) is 8.85. The van der Waals surface area contributed by atoms with E-state index in [1.165, 1.54) is 0 Å². The molecule has 0 saturated carbocycles. The lowest BCUT2D eigenvalue weighted by atomic mass is 10.5. The number of carboxylic acid groups (broad SMARTS) is 1. The Balaban J connectivity index is 3.45. The largest absolute Gasteiger partial charge is 0.481 e. The summed E-state index contributed by atoms with van der Waals surface area (Å²) in [5.41, 5.74) is 0. The Kier molecular flexibility index (Phi) is 4.93. The lowest BCUT2D eigenvalue weighted by Crippen LogP contribution is -2.12. The molecule has 0 aromatic carbocycles. The number of carbonyl (C=O) groups is 1. The number of halogens is 2. The normalized spacial score (nSPS) is 13.4. The molecule has 0 amide bonds. The quantitative estimate of drug-likeness (QED) is 0.679. The lowest BCUT2D eigenvalue weighted by molar-refractivity contribution is -0.136. The van der Waals surface area contributed by atoms with Gasteiger partial charge in [0.25, 0.3) is 0 Å². The molecule has 0 aliphatic carbocycles. The van der Waals surface area contributed by atoms with Gasteiger partial charge in [-0.05, 0) is 0 Å². The highest BCUT2D eigenvalue weighted by atomic mass is 32.2. The van der Waals surface area contributed by atoms with E-state index in [1.807, 2.05) is 0 Å². The van der Waals surface area contributed by atoms with Crippen LogP contribution in [0.3, 0.4) is 0 Å². The highest BCUT2D eigenvalue weighted by Gasteiger charge is 2.10. The number of alkyl halides is 2. The Labute approximate surface area is 64.9 Å². The van der Waals surface area contributed by atoms with Crippen molar-refractivity contribution in [3.05, 3.63) is 0 Å². The molecule has 0 spiro atoms. The second-order valence-corrected chi connectivity index (χ2v) is 3.47. The summed E-state index contributed by atoms with van der Waals surface area (Å²) in [6, 6.07) is 0. The molecular weight excluding hydrogens is 178 g/mol. The summed E-state index contributed by atoms with van der Waals surface area (Å²) in [7, 11) is -1.70. The van der Waals surface area contributed by atoms with Crippen LogP contribution < -0.4 is 0 Å². The number of hydrogen-bond donors (Lipinski definition) is 1. The van der Waals surface area contributed by atoms with Crippen molar-refractivity contribution in [1.29, 1.82) is 0 Å². The van der Waals surface area contributed by atoms with Gasteiger partial charge in [0.1, 0.15) is 0 Å². The lowest BCUT2D eigenvalue weighted by Gasteiger charge is -1.97. The molecule has 1 N–H and O–H groups in total. The first-order valence-corrected chi connectivity index (χ1v) is 4.36. The van der Waals surface area contributed by atoms with Crippen LogP contribution >= 0.6 is 0 Å². The fourth-order valence-electron chi connectivity index (χ4n) is 0.425. The Morgan fingerprint density at radius 2 is 2.09 bits per heavy atom. The molecule has 3 nitrogen and oxygen atoms in total. The van der Waals surface area contributed by atoms with Gasteiger partial charge >= 0.3 is 5.97 Å². The first kappa shape index (κ1) is 10.5. The average Bonchev–Trinajstić information content (AvgIpc) is 1.82. The van der Waals surface area contributed by atoms with Crippen LogP contribution in [0.25, 0.3) is 0 Å². The Morgan fingerprint density at radius 1 is 1.55 bits per heavy atom. The van der Waals surface area contributed by atoms with E-state index in [2.05, 4.69) is 0 Å². The number of hydrogen-bond acceptors (Lipinski definition) is 2. The van der Waals surface area contributed by atoms with Gasteiger partial charge < -0.3 is 5.11 Å². The summed E-state index contributed by atoms with van der Waals surface area (Å²) in [5, 5.41) is 8.07. The van der Waals surface area contributed by atoms with Gasteiger partial charge in [-0.1, -0.05) is 0 Å². The Bertz CT molecular complexity index is 160. The van der Waals surface area contributed by atoms with Gasteiger partial charge in [-0.3, -0.25) is 9.00 Å². The van der Waals surface area contributed by atoms with Gasteiger partial charge in [-0.25, -0.2) is 8.78 Å². The summed E-state index contributed by atoms with van der Waals surface area (Å²) in [4.78, 5) is 9.87. The van der Waals surface area contributed by atoms with E-state index in [4.69, 9.17) is 5.11 Å². The zero-order valence-corrected chi connectivity index (χ0v) is 6.44. The van der Waals surface area contributed by atoms with E-state index in [1.54, 1.807) is 0 Å². The Hall–Kier alpha value is -0.520. The maximum absolute atomic E-state index is 11.5. The van der Waals surface area contributed by atoms with Gasteiger partial charge in [0.2, 0.25) is 6.43 Å². The maximum atomic E-state index is 11.5. The van der Waals surface area contributed by atoms with Gasteiger partial charge in [-0.15, -0.1) is 0 Å².